The zero-order valence-electron chi connectivity index (χ0n) is 16.5. The quantitative estimate of drug-likeness (QED) is 0.461. The fourth-order valence-corrected chi connectivity index (χ4v) is 4.40. The Morgan fingerprint density at radius 1 is 1.24 bits per heavy atom. The summed E-state index contributed by atoms with van der Waals surface area (Å²) in [6, 6.07) is 12.6. The van der Waals surface area contributed by atoms with E-state index in [1.807, 2.05) is 53.9 Å². The third-order valence-electron chi connectivity index (χ3n) is 4.75. The van der Waals surface area contributed by atoms with E-state index in [1.54, 1.807) is 0 Å². The van der Waals surface area contributed by atoms with Gasteiger partial charge in [-0.15, -0.1) is 0 Å². The number of carbonyl (C=O) groups excluding carboxylic acids is 1. The number of hydrogen-bond donors (Lipinski definition) is 2. The van der Waals surface area contributed by atoms with Crippen LogP contribution < -0.4 is 15.5 Å². The first-order chi connectivity index (χ1) is 14.0. The van der Waals surface area contributed by atoms with E-state index in [4.69, 9.17) is 12.2 Å². The number of halogens is 1. The third kappa shape index (κ3) is 6.44. The first-order valence-corrected chi connectivity index (χ1v) is 11.4. The first-order valence-electron chi connectivity index (χ1n) is 9.81. The lowest BCUT2D eigenvalue weighted by Gasteiger charge is -2.19. The van der Waals surface area contributed by atoms with Gasteiger partial charge in [0.2, 0.25) is 5.91 Å². The highest BCUT2D eigenvalue weighted by molar-refractivity contribution is 7.98. The van der Waals surface area contributed by atoms with Crippen molar-refractivity contribution in [1.29, 1.82) is 0 Å². The molecule has 1 aliphatic rings. The summed E-state index contributed by atoms with van der Waals surface area (Å²) in [5.74, 6) is 1.89. The van der Waals surface area contributed by atoms with Crippen molar-refractivity contribution in [3.63, 3.8) is 0 Å². The fourth-order valence-electron chi connectivity index (χ4n) is 3.26. The summed E-state index contributed by atoms with van der Waals surface area (Å²) in [5.41, 5.74) is 4.09. The molecule has 2 aromatic rings. The second kappa shape index (κ2) is 10.6. The van der Waals surface area contributed by atoms with Crippen molar-refractivity contribution >= 4 is 46.4 Å². The molecule has 1 fully saturated rings. The summed E-state index contributed by atoms with van der Waals surface area (Å²) in [6.45, 7) is 3.61. The summed E-state index contributed by atoms with van der Waals surface area (Å²) in [5, 5.41) is 7.03. The maximum atomic E-state index is 12.9. The molecular weight excluding hydrogens is 405 g/mol. The highest BCUT2D eigenvalue weighted by atomic mass is 32.2. The largest absolute Gasteiger partial charge is 0.362 e. The van der Waals surface area contributed by atoms with Gasteiger partial charge in [0.15, 0.2) is 5.11 Å². The molecule has 0 aliphatic carbocycles. The SMILES string of the molecule is Cc1cc(NC(=S)NCCCSCc2ccc(F)cc2)ccc1N1CCCC1=O. The topological polar surface area (TPSA) is 44.4 Å². The number of thiocarbonyl (C=S) groups is 1. The van der Waals surface area contributed by atoms with Crippen LogP contribution in [0.15, 0.2) is 42.5 Å². The molecule has 1 amide bonds. The Bertz CT molecular complexity index is 858. The Morgan fingerprint density at radius 3 is 2.72 bits per heavy atom. The lowest BCUT2D eigenvalue weighted by atomic mass is 10.1. The maximum absolute atomic E-state index is 12.9. The fraction of sp³-hybridized carbons (Fsp3) is 0.364. The maximum Gasteiger partial charge on any atom is 0.227 e. The molecule has 0 saturated carbocycles. The van der Waals surface area contributed by atoms with Gasteiger partial charge in [-0.25, -0.2) is 4.39 Å². The molecule has 1 heterocycles. The Kier molecular flexibility index (Phi) is 7.89. The van der Waals surface area contributed by atoms with E-state index in [1.165, 1.54) is 12.1 Å². The zero-order chi connectivity index (χ0) is 20.6. The molecule has 0 spiro atoms. The van der Waals surface area contributed by atoms with Gasteiger partial charge in [-0.2, -0.15) is 11.8 Å². The number of rotatable bonds is 8. The average Bonchev–Trinajstić information content (AvgIpc) is 3.12. The summed E-state index contributed by atoms with van der Waals surface area (Å²) in [6.07, 6.45) is 2.55. The van der Waals surface area contributed by atoms with E-state index in [0.717, 1.165) is 59.9 Å². The van der Waals surface area contributed by atoms with Gasteiger partial charge in [-0.05, 0) is 79.2 Å². The molecule has 7 heteroatoms. The number of nitrogens with zero attached hydrogens (tertiary/aromatic N) is 1. The number of hydrogen-bond acceptors (Lipinski definition) is 3. The van der Waals surface area contributed by atoms with Crippen LogP contribution in [0, 0.1) is 12.7 Å². The van der Waals surface area contributed by atoms with Crippen LogP contribution in [0.5, 0.6) is 0 Å². The predicted molar refractivity (Wildman–Crippen MR) is 124 cm³/mol. The Balaban J connectivity index is 1.35. The van der Waals surface area contributed by atoms with Gasteiger partial charge < -0.3 is 15.5 Å². The second-order valence-corrected chi connectivity index (χ2v) is 8.58. The van der Waals surface area contributed by atoms with Crippen LogP contribution in [-0.2, 0) is 10.5 Å². The normalized spacial score (nSPS) is 13.6. The molecule has 2 aromatic carbocycles. The molecule has 1 aliphatic heterocycles. The van der Waals surface area contributed by atoms with Crippen molar-refractivity contribution in [2.24, 2.45) is 0 Å². The summed E-state index contributed by atoms with van der Waals surface area (Å²) >= 11 is 7.20. The lowest BCUT2D eigenvalue weighted by Crippen LogP contribution is -2.29. The van der Waals surface area contributed by atoms with E-state index in [-0.39, 0.29) is 11.7 Å². The van der Waals surface area contributed by atoms with Crippen molar-refractivity contribution < 1.29 is 9.18 Å². The molecule has 29 heavy (non-hydrogen) atoms. The van der Waals surface area contributed by atoms with E-state index in [2.05, 4.69) is 10.6 Å². The number of nitrogens with one attached hydrogen (secondary N) is 2. The van der Waals surface area contributed by atoms with Crippen molar-refractivity contribution in [2.75, 3.05) is 29.1 Å². The van der Waals surface area contributed by atoms with Gasteiger partial charge in [0, 0.05) is 36.6 Å². The van der Waals surface area contributed by atoms with Crippen LogP contribution in [0.2, 0.25) is 0 Å². The van der Waals surface area contributed by atoms with Crippen molar-refractivity contribution in [2.45, 2.75) is 31.9 Å². The summed E-state index contributed by atoms with van der Waals surface area (Å²) < 4.78 is 12.9. The van der Waals surface area contributed by atoms with Crippen LogP contribution in [0.1, 0.15) is 30.4 Å². The first kappa shape index (κ1) is 21.6. The Hall–Kier alpha value is -2.12. The van der Waals surface area contributed by atoms with Crippen molar-refractivity contribution in [3.05, 3.63) is 59.4 Å². The van der Waals surface area contributed by atoms with Crippen LogP contribution in [0.25, 0.3) is 0 Å². The second-order valence-electron chi connectivity index (χ2n) is 7.06. The Morgan fingerprint density at radius 2 is 2.03 bits per heavy atom. The van der Waals surface area contributed by atoms with E-state index >= 15 is 0 Å². The van der Waals surface area contributed by atoms with Gasteiger partial charge in [0.1, 0.15) is 5.82 Å². The Labute approximate surface area is 181 Å². The summed E-state index contributed by atoms with van der Waals surface area (Å²) in [4.78, 5) is 13.8. The van der Waals surface area contributed by atoms with Crippen molar-refractivity contribution in [3.8, 4) is 0 Å². The molecule has 3 rings (SSSR count). The van der Waals surface area contributed by atoms with E-state index < -0.39 is 0 Å². The van der Waals surface area contributed by atoms with Crippen LogP contribution >= 0.6 is 24.0 Å². The molecule has 2 N–H and O–H groups in total. The highest BCUT2D eigenvalue weighted by Crippen LogP contribution is 2.27. The minimum atomic E-state index is -0.196. The average molecular weight is 432 g/mol. The lowest BCUT2D eigenvalue weighted by molar-refractivity contribution is -0.117. The highest BCUT2D eigenvalue weighted by Gasteiger charge is 2.22. The van der Waals surface area contributed by atoms with Gasteiger partial charge in [-0.1, -0.05) is 12.1 Å². The number of anilines is 2. The van der Waals surface area contributed by atoms with Crippen molar-refractivity contribution in [1.82, 2.24) is 5.32 Å². The van der Waals surface area contributed by atoms with E-state index in [0.29, 0.717) is 11.5 Å². The standard InChI is InChI=1S/C22H26FN3OS2/c1-16-14-19(9-10-20(16)26-12-2-4-21(26)27)25-22(28)24-11-3-13-29-15-17-5-7-18(23)8-6-17/h5-10,14H,2-4,11-13,15H2,1H3,(H2,24,25,28). The van der Waals surface area contributed by atoms with Gasteiger partial charge >= 0.3 is 0 Å². The van der Waals surface area contributed by atoms with Gasteiger partial charge in [-0.3, -0.25) is 4.79 Å². The molecule has 154 valence electrons. The molecule has 4 nitrogen and oxygen atoms in total. The molecule has 1 saturated heterocycles. The molecule has 0 radical (unpaired) electrons. The summed E-state index contributed by atoms with van der Waals surface area (Å²) in [7, 11) is 0. The minimum absolute atomic E-state index is 0.196. The molecular formula is C22H26FN3OS2. The number of carbonyl (C=O) groups is 1. The predicted octanol–water partition coefficient (Wildman–Crippen LogP) is 4.87. The monoisotopic (exact) mass is 431 g/mol. The van der Waals surface area contributed by atoms with Crippen LogP contribution in [0.3, 0.4) is 0 Å². The van der Waals surface area contributed by atoms with Crippen LogP contribution in [-0.4, -0.2) is 29.9 Å². The zero-order valence-corrected chi connectivity index (χ0v) is 18.2. The third-order valence-corrected chi connectivity index (χ3v) is 6.11. The minimum Gasteiger partial charge on any atom is -0.362 e. The molecule has 0 bridgehead atoms. The molecule has 0 unspecified atom stereocenters. The van der Waals surface area contributed by atoms with Gasteiger partial charge in [0.05, 0.1) is 0 Å². The number of amides is 1. The number of thioether (sulfide) groups is 1. The smallest absolute Gasteiger partial charge is 0.227 e. The van der Waals surface area contributed by atoms with E-state index in [9.17, 15) is 9.18 Å². The molecule has 0 aromatic heterocycles. The molecule has 0 atom stereocenters. The number of benzene rings is 2. The van der Waals surface area contributed by atoms with Crippen LogP contribution in [0.4, 0.5) is 15.8 Å². The van der Waals surface area contributed by atoms with Gasteiger partial charge in [0.25, 0.3) is 0 Å². The number of aryl methyl sites for hydroxylation is 1.